The van der Waals surface area contributed by atoms with E-state index in [1.165, 1.54) is 11.5 Å². The Morgan fingerprint density at radius 3 is 3.06 bits per heavy atom. The molecule has 1 unspecified atom stereocenters. The van der Waals surface area contributed by atoms with Crippen molar-refractivity contribution < 1.29 is 4.79 Å². The lowest BCUT2D eigenvalue weighted by atomic mass is 10.2. The van der Waals surface area contributed by atoms with E-state index in [4.69, 9.17) is 0 Å². The van der Waals surface area contributed by atoms with Crippen molar-refractivity contribution in [2.45, 2.75) is 33.2 Å². The minimum atomic E-state index is 0.229. The Morgan fingerprint density at radius 2 is 2.41 bits per heavy atom. The number of hydrogen-bond donors (Lipinski definition) is 1. The van der Waals surface area contributed by atoms with Gasteiger partial charge in [-0.1, -0.05) is 18.3 Å². The van der Waals surface area contributed by atoms with Crippen molar-refractivity contribution in [1.82, 2.24) is 14.5 Å². The number of aromatic nitrogens is 2. The van der Waals surface area contributed by atoms with Crippen molar-refractivity contribution in [2.24, 2.45) is 5.92 Å². The van der Waals surface area contributed by atoms with Crippen molar-refractivity contribution in [2.75, 3.05) is 18.4 Å². The molecule has 2 rings (SSSR count). The molecule has 5 nitrogen and oxygen atoms in total. The fourth-order valence-electron chi connectivity index (χ4n) is 1.99. The van der Waals surface area contributed by atoms with E-state index in [2.05, 4.69) is 28.8 Å². The largest absolute Gasteiger partial charge is 0.374 e. The average Bonchev–Trinajstić information content (AvgIpc) is 2.84. The van der Waals surface area contributed by atoms with E-state index in [1.807, 2.05) is 4.90 Å². The smallest absolute Gasteiger partial charge is 0.223 e. The summed E-state index contributed by atoms with van der Waals surface area (Å²) in [5.74, 6) is 0.688. The first kappa shape index (κ1) is 12.3. The molecule has 1 fully saturated rings. The summed E-state index contributed by atoms with van der Waals surface area (Å²) >= 11 is 1.36. The molecule has 0 aliphatic carbocycles. The maximum absolute atomic E-state index is 11.7. The summed E-state index contributed by atoms with van der Waals surface area (Å²) in [5, 5.41) is 8.40. The van der Waals surface area contributed by atoms with Gasteiger partial charge in [-0.25, -0.2) is 0 Å². The molecule has 0 aromatic carbocycles. The van der Waals surface area contributed by atoms with Gasteiger partial charge in [-0.05, 0) is 12.3 Å². The quantitative estimate of drug-likeness (QED) is 0.869. The second kappa shape index (κ2) is 5.44. The van der Waals surface area contributed by atoms with Gasteiger partial charge in [-0.2, -0.15) is 0 Å². The van der Waals surface area contributed by atoms with Crippen LogP contribution >= 0.6 is 11.5 Å². The molecule has 1 aliphatic heterocycles. The lowest BCUT2D eigenvalue weighted by Gasteiger charge is -2.15. The second-order valence-corrected chi connectivity index (χ2v) is 5.31. The van der Waals surface area contributed by atoms with Crippen LogP contribution in [0.5, 0.6) is 0 Å². The SMILES string of the molecule is CCCNc1snnc1CN1CC(C)CC1=O. The van der Waals surface area contributed by atoms with Crippen LogP contribution in [-0.2, 0) is 11.3 Å². The monoisotopic (exact) mass is 254 g/mol. The maximum Gasteiger partial charge on any atom is 0.223 e. The number of nitrogens with zero attached hydrogens (tertiary/aromatic N) is 3. The van der Waals surface area contributed by atoms with Gasteiger partial charge < -0.3 is 10.2 Å². The second-order valence-electron chi connectivity index (χ2n) is 4.56. The molecule has 17 heavy (non-hydrogen) atoms. The van der Waals surface area contributed by atoms with Crippen LogP contribution in [0, 0.1) is 5.92 Å². The Bertz CT molecular complexity index is 393. The fraction of sp³-hybridized carbons (Fsp3) is 0.727. The summed E-state index contributed by atoms with van der Waals surface area (Å²) in [4.78, 5) is 13.6. The van der Waals surface area contributed by atoms with Gasteiger partial charge in [0.05, 0.1) is 6.54 Å². The standard InChI is InChI=1S/C11H18N4OS/c1-3-4-12-11-9(13-14-17-11)7-15-6-8(2)5-10(15)16/h8,12H,3-7H2,1-2H3. The number of nitrogens with one attached hydrogen (secondary N) is 1. The Labute approximate surface area is 105 Å². The van der Waals surface area contributed by atoms with Crippen LogP contribution in [0.2, 0.25) is 0 Å². The average molecular weight is 254 g/mol. The molecule has 1 amide bonds. The van der Waals surface area contributed by atoms with Gasteiger partial charge in [0.25, 0.3) is 0 Å². The third-order valence-electron chi connectivity index (χ3n) is 2.84. The highest BCUT2D eigenvalue weighted by Gasteiger charge is 2.27. The van der Waals surface area contributed by atoms with Crippen LogP contribution in [0.25, 0.3) is 0 Å². The van der Waals surface area contributed by atoms with Crippen molar-refractivity contribution in [3.8, 4) is 0 Å². The molecule has 1 N–H and O–H groups in total. The summed E-state index contributed by atoms with van der Waals surface area (Å²) in [7, 11) is 0. The van der Waals surface area contributed by atoms with Gasteiger partial charge in [0.1, 0.15) is 10.7 Å². The summed E-state index contributed by atoms with van der Waals surface area (Å²) in [5.41, 5.74) is 0.894. The topological polar surface area (TPSA) is 58.1 Å². The van der Waals surface area contributed by atoms with Gasteiger partial charge in [0, 0.05) is 31.0 Å². The normalized spacial score (nSPS) is 20.0. The molecular formula is C11H18N4OS. The zero-order valence-electron chi connectivity index (χ0n) is 10.3. The Hall–Kier alpha value is -1.17. The van der Waals surface area contributed by atoms with Crippen LogP contribution in [0.15, 0.2) is 0 Å². The van der Waals surface area contributed by atoms with E-state index >= 15 is 0 Å². The van der Waals surface area contributed by atoms with Gasteiger partial charge in [0.2, 0.25) is 5.91 Å². The molecule has 1 atom stereocenters. The van der Waals surface area contributed by atoms with Gasteiger partial charge in [-0.15, -0.1) is 5.10 Å². The molecule has 2 heterocycles. The van der Waals surface area contributed by atoms with Crippen LogP contribution in [0.1, 0.15) is 32.4 Å². The van der Waals surface area contributed by atoms with Crippen molar-refractivity contribution in [1.29, 1.82) is 0 Å². The van der Waals surface area contributed by atoms with E-state index in [0.717, 1.165) is 30.2 Å². The fourth-order valence-corrected chi connectivity index (χ4v) is 2.59. The Balaban J connectivity index is 1.98. The van der Waals surface area contributed by atoms with Crippen molar-refractivity contribution >= 4 is 22.4 Å². The van der Waals surface area contributed by atoms with Crippen LogP contribution < -0.4 is 5.32 Å². The first-order chi connectivity index (χ1) is 8.20. The highest BCUT2D eigenvalue weighted by atomic mass is 32.1. The molecule has 0 radical (unpaired) electrons. The molecular weight excluding hydrogens is 236 g/mol. The number of rotatable bonds is 5. The van der Waals surface area contributed by atoms with E-state index in [1.54, 1.807) is 0 Å². The van der Waals surface area contributed by atoms with Gasteiger partial charge in [0.15, 0.2) is 0 Å². The lowest BCUT2D eigenvalue weighted by molar-refractivity contribution is -0.128. The molecule has 1 aliphatic rings. The van der Waals surface area contributed by atoms with E-state index in [-0.39, 0.29) is 5.91 Å². The van der Waals surface area contributed by atoms with Crippen molar-refractivity contribution in [3.63, 3.8) is 0 Å². The van der Waals surface area contributed by atoms with E-state index in [0.29, 0.717) is 18.9 Å². The first-order valence-corrected chi connectivity index (χ1v) is 6.81. The van der Waals surface area contributed by atoms with E-state index in [9.17, 15) is 4.79 Å². The number of hydrogen-bond acceptors (Lipinski definition) is 5. The highest BCUT2D eigenvalue weighted by Crippen LogP contribution is 2.23. The summed E-state index contributed by atoms with van der Waals surface area (Å²) in [6.45, 7) is 6.57. The molecule has 0 saturated carbocycles. The van der Waals surface area contributed by atoms with E-state index < -0.39 is 0 Å². The third-order valence-corrected chi connectivity index (χ3v) is 3.57. The molecule has 1 aromatic heterocycles. The molecule has 1 aromatic rings. The molecule has 6 heteroatoms. The molecule has 94 valence electrons. The summed E-state index contributed by atoms with van der Waals surface area (Å²) < 4.78 is 3.95. The summed E-state index contributed by atoms with van der Waals surface area (Å²) in [6.07, 6.45) is 1.73. The number of carbonyl (C=O) groups excluding carboxylic acids is 1. The van der Waals surface area contributed by atoms with Crippen LogP contribution in [0.3, 0.4) is 0 Å². The molecule has 1 saturated heterocycles. The lowest BCUT2D eigenvalue weighted by Crippen LogP contribution is -2.25. The first-order valence-electron chi connectivity index (χ1n) is 6.03. The summed E-state index contributed by atoms with van der Waals surface area (Å²) in [6, 6.07) is 0. The molecule has 0 bridgehead atoms. The van der Waals surface area contributed by atoms with Gasteiger partial charge in [-0.3, -0.25) is 4.79 Å². The van der Waals surface area contributed by atoms with Gasteiger partial charge >= 0.3 is 0 Å². The van der Waals surface area contributed by atoms with Crippen LogP contribution in [0.4, 0.5) is 5.00 Å². The highest BCUT2D eigenvalue weighted by molar-refractivity contribution is 7.10. The minimum absolute atomic E-state index is 0.229. The maximum atomic E-state index is 11.7. The predicted octanol–water partition coefficient (Wildman–Crippen LogP) is 1.73. The zero-order valence-corrected chi connectivity index (χ0v) is 11.1. The molecule has 0 spiro atoms. The predicted molar refractivity (Wildman–Crippen MR) is 67.9 cm³/mol. The Kier molecular flexibility index (Phi) is 3.93. The van der Waals surface area contributed by atoms with Crippen LogP contribution in [-0.4, -0.2) is 33.5 Å². The Morgan fingerprint density at radius 1 is 1.59 bits per heavy atom. The zero-order chi connectivity index (χ0) is 12.3. The number of likely N-dealkylation sites (tertiary alicyclic amines) is 1. The van der Waals surface area contributed by atoms with Crippen molar-refractivity contribution in [3.05, 3.63) is 5.69 Å². The number of amides is 1. The number of carbonyl (C=O) groups is 1. The third kappa shape index (κ3) is 2.94. The number of anilines is 1. The minimum Gasteiger partial charge on any atom is -0.374 e.